The van der Waals surface area contributed by atoms with Gasteiger partial charge in [0.05, 0.1) is 13.7 Å². The molecule has 0 aliphatic carbocycles. The number of ether oxygens (including phenoxy) is 1. The summed E-state index contributed by atoms with van der Waals surface area (Å²) in [6, 6.07) is 12.7. The van der Waals surface area contributed by atoms with Crippen LogP contribution < -0.4 is 10.1 Å². The van der Waals surface area contributed by atoms with Crippen LogP contribution in [0.25, 0.3) is 10.8 Å². The molecule has 0 fully saturated rings. The van der Waals surface area contributed by atoms with Gasteiger partial charge in [-0.1, -0.05) is 6.07 Å². The van der Waals surface area contributed by atoms with Gasteiger partial charge in [-0.15, -0.1) is 0 Å². The first-order valence-corrected chi connectivity index (χ1v) is 9.12. The highest BCUT2D eigenvalue weighted by Crippen LogP contribution is 2.28. The molecule has 4 aromatic rings. The lowest BCUT2D eigenvalue weighted by Gasteiger charge is -2.06. The molecule has 3 heterocycles. The number of carbonyl (C=O) groups is 1. The third kappa shape index (κ3) is 4.03. The van der Waals surface area contributed by atoms with Crippen LogP contribution >= 0.6 is 0 Å². The van der Waals surface area contributed by atoms with Crippen LogP contribution in [0.3, 0.4) is 0 Å². The zero-order chi connectivity index (χ0) is 20.2. The zero-order valence-corrected chi connectivity index (χ0v) is 15.9. The third-order valence-electron chi connectivity index (χ3n) is 4.68. The molecule has 1 amide bonds. The van der Waals surface area contributed by atoms with E-state index in [0.717, 1.165) is 16.5 Å². The number of nitrogens with zero attached hydrogens (tertiary/aromatic N) is 3. The first-order chi connectivity index (χ1) is 14.1. The van der Waals surface area contributed by atoms with Gasteiger partial charge in [0.1, 0.15) is 0 Å². The Morgan fingerprint density at radius 1 is 1.14 bits per heavy atom. The van der Waals surface area contributed by atoms with Crippen LogP contribution in [-0.2, 0) is 13.1 Å². The molecule has 7 nitrogen and oxygen atoms in total. The van der Waals surface area contributed by atoms with Crippen molar-refractivity contribution in [3.05, 3.63) is 83.9 Å². The Hall–Kier alpha value is -3.87. The highest BCUT2D eigenvalue weighted by molar-refractivity contribution is 5.99. The van der Waals surface area contributed by atoms with Gasteiger partial charge < -0.3 is 19.7 Å². The molecule has 0 spiro atoms. The molecule has 0 aliphatic heterocycles. The molecule has 0 unspecified atom stereocenters. The number of methoxy groups -OCH3 is 1. The van der Waals surface area contributed by atoms with Crippen molar-refractivity contribution in [3.63, 3.8) is 0 Å². The van der Waals surface area contributed by atoms with E-state index in [1.807, 2.05) is 24.4 Å². The van der Waals surface area contributed by atoms with Gasteiger partial charge in [0.15, 0.2) is 5.88 Å². The van der Waals surface area contributed by atoms with Gasteiger partial charge in [-0.3, -0.25) is 9.78 Å². The van der Waals surface area contributed by atoms with Crippen molar-refractivity contribution in [1.29, 1.82) is 0 Å². The molecule has 0 radical (unpaired) electrons. The van der Waals surface area contributed by atoms with Crippen molar-refractivity contribution in [2.45, 2.75) is 13.1 Å². The lowest BCUT2D eigenvalue weighted by atomic mass is 10.1. The maximum atomic E-state index is 12.5. The maximum Gasteiger partial charge on any atom is 0.251 e. The van der Waals surface area contributed by atoms with Gasteiger partial charge >= 0.3 is 0 Å². The van der Waals surface area contributed by atoms with Crippen molar-refractivity contribution in [2.24, 2.45) is 0 Å². The van der Waals surface area contributed by atoms with Crippen molar-refractivity contribution in [2.75, 3.05) is 7.11 Å². The highest BCUT2D eigenvalue weighted by atomic mass is 16.5. The summed E-state index contributed by atoms with van der Waals surface area (Å²) in [5.74, 6) is 0.513. The van der Waals surface area contributed by atoms with Gasteiger partial charge in [-0.05, 0) is 41.5 Å². The predicted molar refractivity (Wildman–Crippen MR) is 109 cm³/mol. The van der Waals surface area contributed by atoms with Crippen LogP contribution in [0, 0.1) is 0 Å². The fourth-order valence-corrected chi connectivity index (χ4v) is 3.12. The molecule has 0 saturated heterocycles. The largest absolute Gasteiger partial charge is 0.494 e. The number of amides is 1. The first-order valence-electron chi connectivity index (χ1n) is 9.12. The number of carbonyl (C=O) groups excluding carboxylic acids is 1. The molecule has 0 bridgehead atoms. The minimum atomic E-state index is -0.191. The van der Waals surface area contributed by atoms with Crippen LogP contribution in [0.2, 0.25) is 0 Å². The van der Waals surface area contributed by atoms with Gasteiger partial charge in [0.25, 0.3) is 5.91 Å². The Balaban J connectivity index is 1.49. The Labute approximate surface area is 167 Å². The minimum Gasteiger partial charge on any atom is -0.494 e. The summed E-state index contributed by atoms with van der Waals surface area (Å²) in [4.78, 5) is 20.7. The average Bonchev–Trinajstić information content (AvgIpc) is 3.07. The van der Waals surface area contributed by atoms with Crippen LogP contribution in [0.5, 0.6) is 11.8 Å². The summed E-state index contributed by atoms with van der Waals surface area (Å²) in [7, 11) is 1.56. The molecule has 0 aliphatic rings. The molecule has 3 aromatic heterocycles. The van der Waals surface area contributed by atoms with E-state index >= 15 is 0 Å². The monoisotopic (exact) mass is 388 g/mol. The second-order valence-electron chi connectivity index (χ2n) is 6.63. The topological polar surface area (TPSA) is 89.3 Å². The van der Waals surface area contributed by atoms with Crippen molar-refractivity contribution >= 4 is 16.7 Å². The summed E-state index contributed by atoms with van der Waals surface area (Å²) in [6.45, 7) is 0.886. The third-order valence-corrected chi connectivity index (χ3v) is 4.68. The molecular weight excluding hydrogens is 368 g/mol. The number of rotatable bonds is 6. The Morgan fingerprint density at radius 2 is 1.97 bits per heavy atom. The highest BCUT2D eigenvalue weighted by Gasteiger charge is 2.12. The van der Waals surface area contributed by atoms with E-state index in [2.05, 4.69) is 15.3 Å². The average molecular weight is 388 g/mol. The molecule has 0 saturated carbocycles. The van der Waals surface area contributed by atoms with Crippen LogP contribution in [0.4, 0.5) is 0 Å². The van der Waals surface area contributed by atoms with Gasteiger partial charge in [-0.2, -0.15) is 0 Å². The van der Waals surface area contributed by atoms with Crippen LogP contribution in [-0.4, -0.2) is 32.7 Å². The van der Waals surface area contributed by atoms with Crippen LogP contribution in [0.15, 0.2) is 67.3 Å². The van der Waals surface area contributed by atoms with Gasteiger partial charge in [0.2, 0.25) is 5.88 Å². The predicted octanol–water partition coefficient (Wildman–Crippen LogP) is 3.12. The molecular formula is C22H20N4O3. The van der Waals surface area contributed by atoms with Crippen molar-refractivity contribution in [1.82, 2.24) is 19.9 Å². The molecule has 4 rings (SSSR count). The molecule has 7 heteroatoms. The molecule has 2 N–H and O–H groups in total. The van der Waals surface area contributed by atoms with Crippen molar-refractivity contribution < 1.29 is 14.6 Å². The Kier molecular flexibility index (Phi) is 5.11. The summed E-state index contributed by atoms with van der Waals surface area (Å²) in [6.07, 6.45) is 6.95. The maximum absolute atomic E-state index is 12.5. The number of aromatic nitrogens is 3. The Morgan fingerprint density at radius 3 is 2.69 bits per heavy atom. The zero-order valence-electron chi connectivity index (χ0n) is 15.9. The number of pyridine rings is 2. The number of aromatic hydroxyl groups is 1. The van der Waals surface area contributed by atoms with E-state index in [1.54, 1.807) is 54.5 Å². The SMILES string of the molecule is COc1ccc(CNC(=O)c2ccc3c(O)n(Cc4ccncc4)cc3c2)cn1. The minimum absolute atomic E-state index is 0.174. The van der Waals surface area contributed by atoms with Crippen LogP contribution in [0.1, 0.15) is 21.5 Å². The smallest absolute Gasteiger partial charge is 0.251 e. The number of nitrogens with one attached hydrogen (secondary N) is 1. The van der Waals surface area contributed by atoms with E-state index in [4.69, 9.17) is 4.74 Å². The second-order valence-corrected chi connectivity index (χ2v) is 6.63. The summed E-state index contributed by atoms with van der Waals surface area (Å²) in [5, 5.41) is 14.9. The lowest BCUT2D eigenvalue weighted by molar-refractivity contribution is 0.0951. The number of hydrogen-bond acceptors (Lipinski definition) is 5. The first kappa shape index (κ1) is 18.5. The lowest BCUT2D eigenvalue weighted by Crippen LogP contribution is -2.22. The molecule has 1 aromatic carbocycles. The Bertz CT molecular complexity index is 1140. The fraction of sp³-hybridized carbons (Fsp3) is 0.136. The number of benzene rings is 1. The van der Waals surface area contributed by atoms with E-state index in [1.165, 1.54) is 0 Å². The fourth-order valence-electron chi connectivity index (χ4n) is 3.12. The second kappa shape index (κ2) is 8.02. The summed E-state index contributed by atoms with van der Waals surface area (Å²) < 4.78 is 6.78. The van der Waals surface area contributed by atoms with E-state index in [0.29, 0.717) is 29.9 Å². The number of hydrogen-bond donors (Lipinski definition) is 2. The van der Waals surface area contributed by atoms with E-state index in [9.17, 15) is 9.90 Å². The number of fused-ring (bicyclic) bond motifs is 1. The quantitative estimate of drug-likeness (QED) is 0.530. The van der Waals surface area contributed by atoms with Crippen molar-refractivity contribution in [3.8, 4) is 11.8 Å². The summed E-state index contributed by atoms with van der Waals surface area (Å²) in [5.41, 5.74) is 2.43. The van der Waals surface area contributed by atoms with E-state index in [-0.39, 0.29) is 11.8 Å². The van der Waals surface area contributed by atoms with E-state index < -0.39 is 0 Å². The standard InChI is InChI=1S/C22H20N4O3/c1-29-20-5-2-16(11-24-20)12-25-21(27)17-3-4-19-18(10-17)14-26(22(19)28)13-15-6-8-23-9-7-15/h2-11,14,28H,12-13H2,1H3,(H,25,27). The summed E-state index contributed by atoms with van der Waals surface area (Å²) >= 11 is 0. The molecule has 29 heavy (non-hydrogen) atoms. The molecule has 0 atom stereocenters. The molecule has 146 valence electrons. The van der Waals surface area contributed by atoms with Gasteiger partial charge in [0, 0.05) is 53.7 Å². The normalized spacial score (nSPS) is 10.8. The van der Waals surface area contributed by atoms with Gasteiger partial charge in [-0.25, -0.2) is 4.98 Å².